The van der Waals surface area contributed by atoms with Gasteiger partial charge in [0.25, 0.3) is 0 Å². The summed E-state index contributed by atoms with van der Waals surface area (Å²) in [6.45, 7) is 3.45. The third-order valence-corrected chi connectivity index (χ3v) is 6.88. The van der Waals surface area contributed by atoms with E-state index in [0.29, 0.717) is 37.4 Å². The Kier molecular flexibility index (Phi) is 4.61. The molecular formula is C20H30N2O3. The van der Waals surface area contributed by atoms with Crippen LogP contribution in [0.4, 0.5) is 0 Å². The summed E-state index contributed by atoms with van der Waals surface area (Å²) in [5, 5.41) is 0. The van der Waals surface area contributed by atoms with E-state index < -0.39 is 0 Å². The molecule has 4 rings (SSSR count). The molecule has 3 atom stereocenters. The van der Waals surface area contributed by atoms with Gasteiger partial charge in [0.05, 0.1) is 12.0 Å². The fourth-order valence-electron chi connectivity index (χ4n) is 5.28. The van der Waals surface area contributed by atoms with Crippen LogP contribution in [-0.4, -0.2) is 61.5 Å². The molecule has 0 N–H and O–H groups in total. The molecule has 4 aliphatic rings. The molecular weight excluding hydrogens is 316 g/mol. The number of nitrogens with zero attached hydrogens (tertiary/aromatic N) is 2. The van der Waals surface area contributed by atoms with Crippen LogP contribution < -0.4 is 0 Å². The molecule has 0 aromatic carbocycles. The molecule has 1 saturated heterocycles. The van der Waals surface area contributed by atoms with Crippen LogP contribution in [0.1, 0.15) is 38.5 Å². The highest BCUT2D eigenvalue weighted by Crippen LogP contribution is 2.45. The van der Waals surface area contributed by atoms with Gasteiger partial charge in [-0.2, -0.15) is 0 Å². The second-order valence-electron chi connectivity index (χ2n) is 8.42. The monoisotopic (exact) mass is 346 g/mol. The number of hydrogen-bond acceptors (Lipinski definition) is 3. The predicted molar refractivity (Wildman–Crippen MR) is 94.8 cm³/mol. The molecule has 0 unspecified atom stereocenters. The van der Waals surface area contributed by atoms with Gasteiger partial charge in [-0.25, -0.2) is 0 Å². The first-order valence-corrected chi connectivity index (χ1v) is 9.88. The van der Waals surface area contributed by atoms with Gasteiger partial charge in [-0.15, -0.1) is 0 Å². The van der Waals surface area contributed by atoms with E-state index >= 15 is 0 Å². The van der Waals surface area contributed by atoms with Crippen LogP contribution in [0.15, 0.2) is 12.2 Å². The Bertz CT molecular complexity index is 569. The first-order valence-electron chi connectivity index (χ1n) is 9.88. The first-order chi connectivity index (χ1) is 12.1. The van der Waals surface area contributed by atoms with Gasteiger partial charge in [-0.3, -0.25) is 9.59 Å². The van der Waals surface area contributed by atoms with Gasteiger partial charge in [0.1, 0.15) is 0 Å². The van der Waals surface area contributed by atoms with Crippen molar-refractivity contribution in [1.29, 1.82) is 0 Å². The summed E-state index contributed by atoms with van der Waals surface area (Å²) in [6, 6.07) is 0. The Hall–Kier alpha value is -1.36. The second-order valence-corrected chi connectivity index (χ2v) is 8.42. The first kappa shape index (κ1) is 17.1. The van der Waals surface area contributed by atoms with Crippen LogP contribution >= 0.6 is 0 Å². The Labute approximate surface area is 150 Å². The zero-order valence-corrected chi connectivity index (χ0v) is 15.3. The van der Waals surface area contributed by atoms with Crippen LogP contribution in [0.3, 0.4) is 0 Å². The summed E-state index contributed by atoms with van der Waals surface area (Å²) in [7, 11) is 1.68. The lowest BCUT2D eigenvalue weighted by Crippen LogP contribution is -2.51. The SMILES string of the molecule is COCC1(C(=O)N2CCCN(C(=O)[C@@H]3C[C@@H]4C=C[C@H]3C4)CC2)CCC1. The van der Waals surface area contributed by atoms with Crippen LogP contribution in [-0.2, 0) is 14.3 Å². The molecule has 2 saturated carbocycles. The number of fused-ring (bicyclic) bond motifs is 2. The standard InChI is InChI=1S/C20H30N2O3/c1-25-14-20(6-2-7-20)19(24)22-9-3-8-21(10-11-22)18(23)17-13-15-4-5-16(17)12-15/h4-5,15-17H,2-3,6-14H2,1H3/t15-,16+,17-/m1/s1. The number of methoxy groups -OCH3 is 1. The topological polar surface area (TPSA) is 49.9 Å². The second kappa shape index (κ2) is 6.75. The van der Waals surface area contributed by atoms with Gasteiger partial charge in [0, 0.05) is 39.2 Å². The third-order valence-electron chi connectivity index (χ3n) is 6.88. The maximum atomic E-state index is 13.0. The lowest BCUT2D eigenvalue weighted by molar-refractivity contribution is -0.152. The van der Waals surface area contributed by atoms with Gasteiger partial charge in [-0.05, 0) is 43.9 Å². The number of amides is 2. The quantitative estimate of drug-likeness (QED) is 0.732. The van der Waals surface area contributed by atoms with Crippen LogP contribution in [0, 0.1) is 23.2 Å². The maximum absolute atomic E-state index is 13.0. The number of carbonyl (C=O) groups is 2. The lowest BCUT2D eigenvalue weighted by atomic mass is 9.68. The van der Waals surface area contributed by atoms with Crippen molar-refractivity contribution in [3.8, 4) is 0 Å². The molecule has 0 spiro atoms. The van der Waals surface area contributed by atoms with Crippen LogP contribution in [0.25, 0.3) is 0 Å². The number of carbonyl (C=O) groups excluding carboxylic acids is 2. The van der Waals surface area contributed by atoms with E-state index in [4.69, 9.17) is 4.74 Å². The molecule has 0 aromatic rings. The Morgan fingerprint density at radius 1 is 1.04 bits per heavy atom. The van der Waals surface area contributed by atoms with E-state index in [2.05, 4.69) is 12.2 Å². The van der Waals surface area contributed by atoms with Crippen molar-refractivity contribution in [3.05, 3.63) is 12.2 Å². The zero-order chi connectivity index (χ0) is 17.4. The molecule has 1 aliphatic heterocycles. The van der Waals surface area contributed by atoms with Crippen molar-refractivity contribution in [3.63, 3.8) is 0 Å². The van der Waals surface area contributed by atoms with Crippen molar-refractivity contribution in [2.24, 2.45) is 23.2 Å². The highest BCUT2D eigenvalue weighted by atomic mass is 16.5. The molecule has 2 bridgehead atoms. The summed E-state index contributed by atoms with van der Waals surface area (Å²) < 4.78 is 5.33. The maximum Gasteiger partial charge on any atom is 0.231 e. The van der Waals surface area contributed by atoms with E-state index in [0.717, 1.165) is 51.6 Å². The normalized spacial score (nSPS) is 33.2. The molecule has 2 amide bonds. The van der Waals surface area contributed by atoms with Crippen LogP contribution in [0.2, 0.25) is 0 Å². The molecule has 1 heterocycles. The molecule has 5 heteroatoms. The van der Waals surface area contributed by atoms with Crippen molar-refractivity contribution >= 4 is 11.8 Å². The minimum Gasteiger partial charge on any atom is -0.384 e. The van der Waals surface area contributed by atoms with Gasteiger partial charge in [0.2, 0.25) is 11.8 Å². The zero-order valence-electron chi connectivity index (χ0n) is 15.3. The van der Waals surface area contributed by atoms with Crippen LogP contribution in [0.5, 0.6) is 0 Å². The van der Waals surface area contributed by atoms with E-state index in [1.807, 2.05) is 9.80 Å². The van der Waals surface area contributed by atoms with Gasteiger partial charge < -0.3 is 14.5 Å². The Balaban J connectivity index is 1.36. The molecule has 3 aliphatic carbocycles. The van der Waals surface area contributed by atoms with Gasteiger partial charge in [0.15, 0.2) is 0 Å². The minimum absolute atomic E-state index is 0.184. The largest absolute Gasteiger partial charge is 0.384 e. The summed E-state index contributed by atoms with van der Waals surface area (Å²) >= 11 is 0. The highest BCUT2D eigenvalue weighted by molar-refractivity contribution is 5.84. The number of allylic oxidation sites excluding steroid dienone is 2. The number of ether oxygens (including phenoxy) is 1. The minimum atomic E-state index is -0.288. The predicted octanol–water partition coefficient (Wildman–Crippen LogP) is 2.08. The highest BCUT2D eigenvalue weighted by Gasteiger charge is 2.47. The van der Waals surface area contributed by atoms with Gasteiger partial charge >= 0.3 is 0 Å². The Morgan fingerprint density at radius 3 is 2.40 bits per heavy atom. The van der Waals surface area contributed by atoms with Gasteiger partial charge in [-0.1, -0.05) is 18.6 Å². The number of rotatable bonds is 4. The average Bonchev–Trinajstić information content (AvgIpc) is 3.13. The van der Waals surface area contributed by atoms with E-state index in [-0.39, 0.29) is 17.2 Å². The fourth-order valence-corrected chi connectivity index (χ4v) is 5.28. The van der Waals surface area contributed by atoms with E-state index in [1.54, 1.807) is 7.11 Å². The third kappa shape index (κ3) is 3.01. The summed E-state index contributed by atoms with van der Waals surface area (Å²) in [6.07, 6.45) is 10.6. The Morgan fingerprint density at radius 2 is 1.80 bits per heavy atom. The molecule has 0 aromatic heterocycles. The summed E-state index contributed by atoms with van der Waals surface area (Å²) in [4.78, 5) is 30.0. The molecule has 25 heavy (non-hydrogen) atoms. The van der Waals surface area contributed by atoms with E-state index in [1.165, 1.54) is 0 Å². The lowest BCUT2D eigenvalue weighted by Gasteiger charge is -2.42. The van der Waals surface area contributed by atoms with Crippen molar-refractivity contribution in [2.75, 3.05) is 39.9 Å². The fraction of sp³-hybridized carbons (Fsp3) is 0.800. The summed E-state index contributed by atoms with van der Waals surface area (Å²) in [5.41, 5.74) is -0.288. The van der Waals surface area contributed by atoms with Crippen molar-refractivity contribution < 1.29 is 14.3 Å². The number of hydrogen-bond donors (Lipinski definition) is 0. The molecule has 138 valence electrons. The molecule has 3 fully saturated rings. The molecule has 5 nitrogen and oxygen atoms in total. The average molecular weight is 346 g/mol. The smallest absolute Gasteiger partial charge is 0.231 e. The molecule has 0 radical (unpaired) electrons. The van der Waals surface area contributed by atoms with E-state index in [9.17, 15) is 9.59 Å². The van der Waals surface area contributed by atoms with Crippen molar-refractivity contribution in [1.82, 2.24) is 9.80 Å². The summed E-state index contributed by atoms with van der Waals surface area (Å²) in [5.74, 6) is 1.83. The van der Waals surface area contributed by atoms with Crippen molar-refractivity contribution in [2.45, 2.75) is 38.5 Å².